The summed E-state index contributed by atoms with van der Waals surface area (Å²) < 4.78 is 5.57. The van der Waals surface area contributed by atoms with Crippen LogP contribution in [-0.4, -0.2) is 53.2 Å². The number of nitrogens with one attached hydrogen (secondary N) is 1. The molecule has 186 valence electrons. The first kappa shape index (κ1) is 24.8. The number of nitrogens with zero attached hydrogens (tertiary/aromatic N) is 1. The highest BCUT2D eigenvalue weighted by molar-refractivity contribution is 5.84. The van der Waals surface area contributed by atoms with E-state index in [4.69, 9.17) is 4.74 Å². The Balaban J connectivity index is 1.19. The van der Waals surface area contributed by atoms with E-state index in [1.54, 1.807) is 6.92 Å². The number of aliphatic carboxylic acids is 1. The van der Waals surface area contributed by atoms with Gasteiger partial charge in [-0.05, 0) is 60.8 Å². The van der Waals surface area contributed by atoms with Gasteiger partial charge in [-0.25, -0.2) is 9.59 Å². The molecule has 2 aliphatic carbocycles. The van der Waals surface area contributed by atoms with Crippen molar-refractivity contribution in [3.05, 3.63) is 59.7 Å². The molecule has 2 unspecified atom stereocenters. The molecule has 0 aliphatic heterocycles. The van der Waals surface area contributed by atoms with Crippen LogP contribution >= 0.6 is 0 Å². The van der Waals surface area contributed by atoms with Crippen LogP contribution in [0.3, 0.4) is 0 Å². The first-order chi connectivity index (χ1) is 16.9. The lowest BCUT2D eigenvalue weighted by Gasteiger charge is -2.27. The van der Waals surface area contributed by atoms with Gasteiger partial charge in [0.1, 0.15) is 12.6 Å². The van der Waals surface area contributed by atoms with E-state index in [0.717, 1.165) is 19.3 Å². The summed E-state index contributed by atoms with van der Waals surface area (Å²) in [6.45, 7) is 4.35. The molecule has 0 spiro atoms. The van der Waals surface area contributed by atoms with Crippen molar-refractivity contribution in [2.75, 3.05) is 13.2 Å². The molecule has 35 heavy (non-hydrogen) atoms. The van der Waals surface area contributed by atoms with Gasteiger partial charge in [0.2, 0.25) is 5.91 Å². The molecule has 2 atom stereocenters. The number of benzene rings is 2. The Bertz CT molecular complexity index is 1040. The Morgan fingerprint density at radius 1 is 1.00 bits per heavy atom. The molecule has 0 heterocycles. The van der Waals surface area contributed by atoms with Crippen molar-refractivity contribution in [2.24, 2.45) is 5.92 Å². The van der Waals surface area contributed by atoms with Crippen molar-refractivity contribution < 1.29 is 24.2 Å². The topological polar surface area (TPSA) is 95.9 Å². The summed E-state index contributed by atoms with van der Waals surface area (Å²) >= 11 is 0. The van der Waals surface area contributed by atoms with Crippen molar-refractivity contribution in [2.45, 2.75) is 64.0 Å². The largest absolute Gasteiger partial charge is 0.480 e. The summed E-state index contributed by atoms with van der Waals surface area (Å²) in [5.74, 6) is -0.820. The van der Waals surface area contributed by atoms with Crippen molar-refractivity contribution in [3.8, 4) is 11.1 Å². The van der Waals surface area contributed by atoms with Crippen LogP contribution in [0.15, 0.2) is 48.5 Å². The lowest BCUT2D eigenvalue weighted by molar-refractivity contribution is -0.150. The van der Waals surface area contributed by atoms with Gasteiger partial charge in [0.15, 0.2) is 0 Å². The Hall–Kier alpha value is -3.35. The van der Waals surface area contributed by atoms with E-state index >= 15 is 0 Å². The van der Waals surface area contributed by atoms with E-state index in [0.29, 0.717) is 19.4 Å². The van der Waals surface area contributed by atoms with E-state index < -0.39 is 18.1 Å². The molecule has 2 amide bonds. The van der Waals surface area contributed by atoms with Crippen molar-refractivity contribution in [1.82, 2.24) is 10.2 Å². The molecule has 0 radical (unpaired) electrons. The highest BCUT2D eigenvalue weighted by atomic mass is 16.5. The molecule has 2 aromatic carbocycles. The van der Waals surface area contributed by atoms with E-state index in [-0.39, 0.29) is 30.4 Å². The highest BCUT2D eigenvalue weighted by Gasteiger charge is 2.38. The van der Waals surface area contributed by atoms with Gasteiger partial charge in [0, 0.05) is 24.9 Å². The van der Waals surface area contributed by atoms with E-state index in [1.807, 2.05) is 31.2 Å². The number of hydrogen-bond acceptors (Lipinski definition) is 4. The van der Waals surface area contributed by atoms with Crippen molar-refractivity contribution in [3.63, 3.8) is 0 Å². The summed E-state index contributed by atoms with van der Waals surface area (Å²) in [5, 5.41) is 12.1. The van der Waals surface area contributed by atoms with Crippen LogP contribution in [0.5, 0.6) is 0 Å². The fourth-order valence-electron chi connectivity index (χ4n) is 4.92. The molecule has 0 bridgehead atoms. The highest BCUT2D eigenvalue weighted by Crippen LogP contribution is 2.44. The molecular formula is C28H34N2O5. The molecule has 4 rings (SSSR count). The van der Waals surface area contributed by atoms with Crippen LogP contribution < -0.4 is 5.32 Å². The van der Waals surface area contributed by atoms with Gasteiger partial charge in [-0.15, -0.1) is 0 Å². The third-order valence-electron chi connectivity index (χ3n) is 7.10. The summed E-state index contributed by atoms with van der Waals surface area (Å²) in [6.07, 6.45) is 3.01. The van der Waals surface area contributed by atoms with Crippen molar-refractivity contribution >= 4 is 18.0 Å². The lowest BCUT2D eigenvalue weighted by Crippen LogP contribution is -2.44. The average Bonchev–Trinajstić information content (AvgIpc) is 3.63. The zero-order valence-corrected chi connectivity index (χ0v) is 20.4. The van der Waals surface area contributed by atoms with Crippen LogP contribution in [0.4, 0.5) is 4.79 Å². The maximum Gasteiger partial charge on any atom is 0.407 e. The minimum atomic E-state index is -0.967. The third-order valence-corrected chi connectivity index (χ3v) is 7.10. The molecule has 2 aromatic rings. The molecule has 2 N–H and O–H groups in total. The molecule has 7 nitrogen and oxygen atoms in total. The Labute approximate surface area is 206 Å². The smallest absolute Gasteiger partial charge is 0.407 e. The first-order valence-electron chi connectivity index (χ1n) is 12.5. The number of carboxylic acid groups (broad SMARTS) is 1. The maximum absolute atomic E-state index is 12.6. The SMILES string of the molecule is CC(CCNC(=O)OCC1c2ccccc2-c2ccccc21)CCC(=O)N(C1CC1)C(C)C(=O)O. The number of carboxylic acids is 1. The number of fused-ring (bicyclic) bond motifs is 3. The standard InChI is InChI=1S/C28H34N2O5/c1-18(11-14-26(31)30(20-12-13-20)19(2)27(32)33)15-16-29-28(34)35-17-25-23-9-5-3-7-21(23)22-8-4-6-10-24(22)25/h3-10,18-20,25H,11-17H2,1-2H3,(H,29,34)(H,32,33). The van der Waals surface area contributed by atoms with Crippen LogP contribution in [0.1, 0.15) is 63.0 Å². The molecule has 7 heteroatoms. The third kappa shape index (κ3) is 5.84. The first-order valence-corrected chi connectivity index (χ1v) is 12.5. The zero-order valence-electron chi connectivity index (χ0n) is 20.4. The second-order valence-corrected chi connectivity index (χ2v) is 9.73. The van der Waals surface area contributed by atoms with Crippen LogP contribution in [-0.2, 0) is 14.3 Å². The fourth-order valence-corrected chi connectivity index (χ4v) is 4.92. The lowest BCUT2D eigenvalue weighted by atomic mass is 9.98. The summed E-state index contributed by atoms with van der Waals surface area (Å²) in [4.78, 5) is 37.8. The number of rotatable bonds is 11. The summed E-state index contributed by atoms with van der Waals surface area (Å²) in [5.41, 5.74) is 4.74. The summed E-state index contributed by atoms with van der Waals surface area (Å²) in [6, 6.07) is 15.7. The van der Waals surface area contributed by atoms with Gasteiger partial charge in [-0.1, -0.05) is 55.5 Å². The Morgan fingerprint density at radius 2 is 1.60 bits per heavy atom. The predicted molar refractivity (Wildman–Crippen MR) is 133 cm³/mol. The van der Waals surface area contributed by atoms with E-state index in [2.05, 4.69) is 29.6 Å². The Morgan fingerprint density at radius 3 is 2.17 bits per heavy atom. The second kappa shape index (κ2) is 10.9. The summed E-state index contributed by atoms with van der Waals surface area (Å²) in [7, 11) is 0. The molecule has 0 saturated heterocycles. The molecule has 0 aromatic heterocycles. The minimum absolute atomic E-state index is 0.0284. The number of carbonyl (C=O) groups excluding carboxylic acids is 2. The molecule has 1 saturated carbocycles. The van der Waals surface area contributed by atoms with Crippen LogP contribution in [0, 0.1) is 5.92 Å². The maximum atomic E-state index is 12.6. The normalized spacial score (nSPS) is 16.1. The van der Waals surface area contributed by atoms with E-state index in [1.165, 1.54) is 27.2 Å². The number of amides is 2. The van der Waals surface area contributed by atoms with Gasteiger partial charge in [0.25, 0.3) is 0 Å². The van der Waals surface area contributed by atoms with Crippen LogP contribution in [0.25, 0.3) is 11.1 Å². The van der Waals surface area contributed by atoms with Gasteiger partial charge < -0.3 is 20.1 Å². The van der Waals surface area contributed by atoms with Gasteiger partial charge in [-0.3, -0.25) is 4.79 Å². The second-order valence-electron chi connectivity index (χ2n) is 9.73. The van der Waals surface area contributed by atoms with Gasteiger partial charge >= 0.3 is 12.1 Å². The minimum Gasteiger partial charge on any atom is -0.480 e. The number of carbonyl (C=O) groups is 3. The van der Waals surface area contributed by atoms with E-state index in [9.17, 15) is 19.5 Å². The number of alkyl carbamates (subject to hydrolysis) is 1. The van der Waals surface area contributed by atoms with Crippen molar-refractivity contribution in [1.29, 1.82) is 0 Å². The monoisotopic (exact) mass is 478 g/mol. The molecular weight excluding hydrogens is 444 g/mol. The predicted octanol–water partition coefficient (Wildman–Crippen LogP) is 4.80. The zero-order chi connectivity index (χ0) is 24.9. The quantitative estimate of drug-likeness (QED) is 0.484. The van der Waals surface area contributed by atoms with Crippen LogP contribution in [0.2, 0.25) is 0 Å². The average molecular weight is 479 g/mol. The fraction of sp³-hybridized carbons (Fsp3) is 0.464. The Kier molecular flexibility index (Phi) is 7.73. The van der Waals surface area contributed by atoms with Gasteiger partial charge in [0.05, 0.1) is 0 Å². The molecule has 1 fully saturated rings. The number of ether oxygens (including phenoxy) is 1. The number of hydrogen-bond donors (Lipinski definition) is 2. The molecule has 2 aliphatic rings. The van der Waals surface area contributed by atoms with Gasteiger partial charge in [-0.2, -0.15) is 0 Å².